The minimum atomic E-state index is -0.0579. The monoisotopic (exact) mass is 491 g/mol. The molecule has 0 atom stereocenters. The van der Waals surface area contributed by atoms with Gasteiger partial charge in [-0.25, -0.2) is 4.98 Å². The number of hydrogen-bond donors (Lipinski definition) is 1. The summed E-state index contributed by atoms with van der Waals surface area (Å²) in [6, 6.07) is 16.3. The quantitative estimate of drug-likeness (QED) is 0.579. The zero-order valence-corrected chi connectivity index (χ0v) is 21.1. The lowest BCUT2D eigenvalue weighted by Gasteiger charge is -2.33. The standard InChI is InChI=1S/C27H33N5O2S/c1-20(33)28-23-9-7-21(8-10-23)19-30-13-4-14-31(18-17-30)26(34)22-11-15-32(16-12-22)27-29-24-5-2-3-6-25(24)35-27/h2-3,5-10,22H,4,11-19H2,1H3,(H,28,33). The second kappa shape index (κ2) is 10.7. The Morgan fingerprint density at radius 2 is 1.74 bits per heavy atom. The molecule has 184 valence electrons. The van der Waals surface area contributed by atoms with Crippen LogP contribution in [0.25, 0.3) is 10.2 Å². The van der Waals surface area contributed by atoms with Gasteiger partial charge in [0.15, 0.2) is 5.13 Å². The van der Waals surface area contributed by atoms with Gasteiger partial charge in [-0.3, -0.25) is 14.5 Å². The van der Waals surface area contributed by atoms with E-state index in [1.54, 1.807) is 11.3 Å². The van der Waals surface area contributed by atoms with Crippen molar-refractivity contribution in [3.63, 3.8) is 0 Å². The molecule has 1 aromatic heterocycles. The molecule has 5 rings (SSSR count). The first-order valence-electron chi connectivity index (χ1n) is 12.5. The SMILES string of the molecule is CC(=O)Nc1ccc(CN2CCCN(C(=O)C3CCN(c4nc5ccccc5s4)CC3)CC2)cc1. The van der Waals surface area contributed by atoms with Crippen LogP contribution in [-0.4, -0.2) is 65.9 Å². The zero-order chi connectivity index (χ0) is 24.2. The summed E-state index contributed by atoms with van der Waals surface area (Å²) in [6.45, 7) is 7.69. The molecule has 3 aromatic rings. The van der Waals surface area contributed by atoms with Crippen molar-refractivity contribution in [1.29, 1.82) is 0 Å². The van der Waals surface area contributed by atoms with Crippen LogP contribution in [0.15, 0.2) is 48.5 Å². The summed E-state index contributed by atoms with van der Waals surface area (Å²) >= 11 is 1.74. The highest BCUT2D eigenvalue weighted by Gasteiger charge is 2.30. The number of anilines is 2. The third-order valence-electron chi connectivity index (χ3n) is 6.98. The molecule has 2 aromatic carbocycles. The molecule has 35 heavy (non-hydrogen) atoms. The van der Waals surface area contributed by atoms with Crippen molar-refractivity contribution < 1.29 is 9.59 Å². The van der Waals surface area contributed by atoms with E-state index in [0.29, 0.717) is 5.91 Å². The van der Waals surface area contributed by atoms with Crippen LogP contribution in [0.2, 0.25) is 0 Å². The van der Waals surface area contributed by atoms with Gasteiger partial charge in [0.1, 0.15) is 0 Å². The summed E-state index contributed by atoms with van der Waals surface area (Å²) in [5.74, 6) is 0.390. The summed E-state index contributed by atoms with van der Waals surface area (Å²) in [7, 11) is 0. The number of piperidine rings is 1. The smallest absolute Gasteiger partial charge is 0.225 e. The molecule has 0 bridgehead atoms. The fraction of sp³-hybridized carbons (Fsp3) is 0.444. The highest BCUT2D eigenvalue weighted by molar-refractivity contribution is 7.22. The number of amides is 2. The molecular weight excluding hydrogens is 458 g/mol. The van der Waals surface area contributed by atoms with Crippen LogP contribution in [0.1, 0.15) is 31.7 Å². The Labute approximate surface area is 210 Å². The zero-order valence-electron chi connectivity index (χ0n) is 20.3. The number of para-hydroxylation sites is 1. The maximum Gasteiger partial charge on any atom is 0.225 e. The van der Waals surface area contributed by atoms with E-state index in [9.17, 15) is 9.59 Å². The molecule has 0 saturated carbocycles. The number of aromatic nitrogens is 1. The van der Waals surface area contributed by atoms with Crippen molar-refractivity contribution in [2.45, 2.75) is 32.7 Å². The highest BCUT2D eigenvalue weighted by Crippen LogP contribution is 2.32. The van der Waals surface area contributed by atoms with Gasteiger partial charge in [-0.2, -0.15) is 0 Å². The minimum absolute atomic E-state index is 0.0579. The van der Waals surface area contributed by atoms with Crippen molar-refractivity contribution in [2.24, 2.45) is 5.92 Å². The van der Waals surface area contributed by atoms with Crippen LogP contribution in [0.4, 0.5) is 10.8 Å². The van der Waals surface area contributed by atoms with Gasteiger partial charge in [0.05, 0.1) is 10.2 Å². The normalized spacial score (nSPS) is 18.0. The Hall–Kier alpha value is -2.97. The van der Waals surface area contributed by atoms with E-state index in [2.05, 4.69) is 50.3 Å². The van der Waals surface area contributed by atoms with E-state index >= 15 is 0 Å². The lowest BCUT2D eigenvalue weighted by atomic mass is 9.95. The van der Waals surface area contributed by atoms with Gasteiger partial charge in [-0.05, 0) is 49.1 Å². The average molecular weight is 492 g/mol. The number of nitrogens with one attached hydrogen (secondary N) is 1. The summed E-state index contributed by atoms with van der Waals surface area (Å²) < 4.78 is 1.22. The first-order valence-corrected chi connectivity index (χ1v) is 13.3. The average Bonchev–Trinajstić information content (AvgIpc) is 3.17. The van der Waals surface area contributed by atoms with Crippen LogP contribution in [-0.2, 0) is 16.1 Å². The van der Waals surface area contributed by atoms with Crippen molar-refractivity contribution in [3.05, 3.63) is 54.1 Å². The molecule has 0 radical (unpaired) electrons. The number of carbonyl (C=O) groups is 2. The van der Waals surface area contributed by atoms with E-state index in [0.717, 1.165) is 81.4 Å². The van der Waals surface area contributed by atoms with E-state index in [1.807, 2.05) is 18.2 Å². The molecule has 1 N–H and O–H groups in total. The van der Waals surface area contributed by atoms with Gasteiger partial charge in [0.25, 0.3) is 0 Å². The molecule has 8 heteroatoms. The van der Waals surface area contributed by atoms with Gasteiger partial charge < -0.3 is 15.1 Å². The van der Waals surface area contributed by atoms with E-state index in [1.165, 1.54) is 17.2 Å². The lowest BCUT2D eigenvalue weighted by molar-refractivity contribution is -0.136. The Bertz CT molecular complexity index is 1140. The fourth-order valence-corrected chi connectivity index (χ4v) is 6.09. The van der Waals surface area contributed by atoms with Crippen molar-refractivity contribution in [1.82, 2.24) is 14.8 Å². The van der Waals surface area contributed by atoms with Crippen LogP contribution in [0.5, 0.6) is 0 Å². The summed E-state index contributed by atoms with van der Waals surface area (Å²) in [5, 5.41) is 3.89. The molecule has 2 fully saturated rings. The van der Waals surface area contributed by atoms with Crippen molar-refractivity contribution in [3.8, 4) is 0 Å². The number of rotatable bonds is 5. The number of hydrogen-bond acceptors (Lipinski definition) is 6. The Morgan fingerprint density at radius 1 is 0.971 bits per heavy atom. The predicted molar refractivity (Wildman–Crippen MR) is 142 cm³/mol. The molecule has 2 aliphatic heterocycles. The molecule has 0 unspecified atom stereocenters. The number of benzene rings is 2. The third kappa shape index (κ3) is 5.82. The fourth-order valence-electron chi connectivity index (χ4n) is 5.08. The second-order valence-electron chi connectivity index (χ2n) is 9.56. The second-order valence-corrected chi connectivity index (χ2v) is 10.6. The largest absolute Gasteiger partial charge is 0.348 e. The van der Waals surface area contributed by atoms with Gasteiger partial charge in [-0.1, -0.05) is 35.6 Å². The third-order valence-corrected chi connectivity index (χ3v) is 8.08. The maximum atomic E-state index is 13.3. The van der Waals surface area contributed by atoms with E-state index in [4.69, 9.17) is 4.98 Å². The summed E-state index contributed by atoms with van der Waals surface area (Å²) in [6.07, 6.45) is 2.80. The molecular formula is C27H33N5O2S. The first kappa shape index (κ1) is 23.8. The van der Waals surface area contributed by atoms with E-state index in [-0.39, 0.29) is 11.8 Å². The van der Waals surface area contributed by atoms with Crippen molar-refractivity contribution in [2.75, 3.05) is 49.5 Å². The number of nitrogens with zero attached hydrogens (tertiary/aromatic N) is 4. The lowest BCUT2D eigenvalue weighted by Crippen LogP contribution is -2.43. The van der Waals surface area contributed by atoms with Gasteiger partial charge >= 0.3 is 0 Å². The van der Waals surface area contributed by atoms with Gasteiger partial charge in [0.2, 0.25) is 11.8 Å². The van der Waals surface area contributed by atoms with E-state index < -0.39 is 0 Å². The molecule has 7 nitrogen and oxygen atoms in total. The minimum Gasteiger partial charge on any atom is -0.348 e. The number of fused-ring (bicyclic) bond motifs is 1. The topological polar surface area (TPSA) is 68.8 Å². The van der Waals surface area contributed by atoms with Gasteiger partial charge in [-0.15, -0.1) is 0 Å². The van der Waals surface area contributed by atoms with Gasteiger partial charge in [0, 0.05) is 64.3 Å². The van der Waals surface area contributed by atoms with Crippen LogP contribution in [0.3, 0.4) is 0 Å². The Balaban J connectivity index is 1.11. The Kier molecular flexibility index (Phi) is 7.29. The van der Waals surface area contributed by atoms with Crippen molar-refractivity contribution >= 4 is 44.2 Å². The summed E-state index contributed by atoms with van der Waals surface area (Å²) in [5.41, 5.74) is 3.10. The molecule has 0 aliphatic carbocycles. The number of thiazole rings is 1. The van der Waals surface area contributed by atoms with Crippen LogP contribution in [0, 0.1) is 5.92 Å². The molecule has 0 spiro atoms. The van der Waals surface area contributed by atoms with Crippen LogP contribution >= 0.6 is 11.3 Å². The summed E-state index contributed by atoms with van der Waals surface area (Å²) in [4.78, 5) is 36.2. The maximum absolute atomic E-state index is 13.3. The Morgan fingerprint density at radius 3 is 2.49 bits per heavy atom. The molecule has 3 heterocycles. The highest BCUT2D eigenvalue weighted by atomic mass is 32.1. The molecule has 2 aliphatic rings. The molecule has 2 amide bonds. The van der Waals surface area contributed by atoms with Crippen LogP contribution < -0.4 is 10.2 Å². The predicted octanol–water partition coefficient (Wildman–Crippen LogP) is 4.21. The number of carbonyl (C=O) groups excluding carboxylic acids is 2. The molecule has 2 saturated heterocycles. The first-order chi connectivity index (χ1) is 17.0.